The van der Waals surface area contributed by atoms with Crippen molar-refractivity contribution in [2.45, 2.75) is 0 Å². The number of ether oxygens (including phenoxy) is 20. The zero-order chi connectivity index (χ0) is 75.6. The van der Waals surface area contributed by atoms with Crippen LogP contribution in [0.15, 0.2) is 104 Å². The lowest BCUT2D eigenvalue weighted by Gasteiger charge is -2.27. The van der Waals surface area contributed by atoms with Crippen LogP contribution in [0.25, 0.3) is 0 Å². The second-order valence-corrected chi connectivity index (χ2v) is 27.9. The van der Waals surface area contributed by atoms with Gasteiger partial charge in [-0.1, -0.05) is 36.4 Å². The molecule has 35 heteroatoms. The highest BCUT2D eigenvalue weighted by molar-refractivity contribution is 8.24. The Morgan fingerprint density at radius 2 is 0.827 bits per heavy atom. The van der Waals surface area contributed by atoms with Crippen molar-refractivity contribution in [2.75, 3.05) is 293 Å². The third-order valence-corrected chi connectivity index (χ3v) is 13.6. The maximum atomic E-state index is 11.1. The molecule has 4 aromatic carbocycles. The van der Waals surface area contributed by atoms with Crippen molar-refractivity contribution in [1.29, 1.82) is 0 Å². The first-order chi connectivity index (χ1) is 50.8. The van der Waals surface area contributed by atoms with Gasteiger partial charge in [-0.05, 0) is 106 Å². The van der Waals surface area contributed by atoms with E-state index in [0.29, 0.717) is 235 Å². The summed E-state index contributed by atoms with van der Waals surface area (Å²) in [6.45, 7) is 24.4. The zero-order valence-electron chi connectivity index (χ0n) is 60.4. The van der Waals surface area contributed by atoms with E-state index >= 15 is 0 Å². The van der Waals surface area contributed by atoms with Crippen molar-refractivity contribution in [3.05, 3.63) is 109 Å². The highest BCUT2D eigenvalue weighted by Gasteiger charge is 2.18. The molecule has 4 aliphatic heterocycles. The first-order valence-corrected chi connectivity index (χ1v) is 38.5. The summed E-state index contributed by atoms with van der Waals surface area (Å²) in [6, 6.07) is 29.0. The van der Waals surface area contributed by atoms with Gasteiger partial charge in [0.15, 0.2) is 0 Å². The minimum absolute atomic E-state index is 0. The number of benzene rings is 4. The van der Waals surface area contributed by atoms with E-state index in [0.717, 1.165) is 60.2 Å². The third kappa shape index (κ3) is 50.4. The molecule has 1 N–H and O–H groups in total. The summed E-state index contributed by atoms with van der Waals surface area (Å²) in [4.78, 5) is 30.8. The Kier molecular flexibility index (Phi) is 60.4. The monoisotopic (exact) mass is 1570 g/mol. The van der Waals surface area contributed by atoms with E-state index in [4.69, 9.17) is 106 Å². The van der Waals surface area contributed by atoms with Gasteiger partial charge in [0.05, 0.1) is 202 Å². The number of hydroxylamine groups is 1. The maximum absolute atomic E-state index is 11.1. The lowest BCUT2D eigenvalue weighted by molar-refractivity contribution is -0.114. The molecular formula is C69H107B2Cl4N4O24P. The molecule has 0 bridgehead atoms. The molecule has 8 rings (SSSR count). The number of carbonyl (C=O) groups excluding carboxylic acids is 2. The molecule has 0 unspecified atom stereocenters. The van der Waals surface area contributed by atoms with Crippen LogP contribution in [0, 0.1) is 0 Å². The molecule has 104 heavy (non-hydrogen) atoms. The molecular weight excluding hydrogens is 1460 g/mol. The van der Waals surface area contributed by atoms with Crippen LogP contribution in [0.3, 0.4) is 0 Å². The Bertz CT molecular complexity index is 2780. The standard InChI is InChI=1S/C18H27NO6.C17H25NO6.C17H27NO5.C14H21NO4.C3H5ClO2.B2.Cl3OP.H2/c1-21-6-4-19-5-7-22-8-9-23-10-11-24-12-13-25-18-14-16(15-20)2-3-17(18)19;1-15(19-2)24-18-7-8-20-9-10-21-11-12-22-13-14-23-17-6-4-3-5-16(17)18;1-19-8-6-18-7-9-20-10-11-21-12-13-22-14-15-23-17-5-3-2-4-16(17)18;1-2-4-14-13(3-1)15-5-6-16-7-8-17-9-10-18-11-12-19-14;1-6-2-3(4)5;1-2;1-5(2,3)4;/h2-3,14-15H,4-13H2,1H3;3-6H,1,7-14H2,2H3;2-5H,6-15H2,1H3;1-4,15H,5-12H2;2H2,1H3;;;1H. The molecule has 0 saturated carbocycles. The number of hydrogen-bond acceptors (Lipinski definition) is 28. The van der Waals surface area contributed by atoms with Crippen LogP contribution in [0.2, 0.25) is 0 Å². The van der Waals surface area contributed by atoms with E-state index in [-0.39, 0.29) is 14.0 Å². The summed E-state index contributed by atoms with van der Waals surface area (Å²) in [5, 5.41) is 1.26. The van der Waals surface area contributed by atoms with E-state index in [1.54, 1.807) is 31.4 Å². The summed E-state index contributed by atoms with van der Waals surface area (Å²) in [5.74, 6) is 3.25. The lowest BCUT2D eigenvalue weighted by Crippen LogP contribution is -2.31. The number of halogens is 4. The summed E-state index contributed by atoms with van der Waals surface area (Å²) in [7, 11) is 14.3. The number of methoxy groups -OCH3 is 4. The highest BCUT2D eigenvalue weighted by Crippen LogP contribution is 2.61. The van der Waals surface area contributed by atoms with Gasteiger partial charge in [-0.3, -0.25) is 14.2 Å². The van der Waals surface area contributed by atoms with Gasteiger partial charge in [-0.25, -0.2) is 5.06 Å². The topological polar surface area (TPSA) is 267 Å². The van der Waals surface area contributed by atoms with Gasteiger partial charge in [0.1, 0.15) is 68.0 Å². The van der Waals surface area contributed by atoms with Crippen LogP contribution in [-0.2, 0) is 90.0 Å². The fraction of sp³-hybridized carbons (Fsp3) is 0.594. The molecule has 4 aromatic rings. The van der Waals surface area contributed by atoms with Gasteiger partial charge < -0.3 is 115 Å². The zero-order valence-corrected chi connectivity index (χ0v) is 64.3. The molecule has 0 spiro atoms. The SMILES string of the molecule is C=C(OC)ON1CCOCCOCCOCCOc2ccccc21.COCC(=O)Cl.COCCN1CCOCCOCCOCCOc2cc(C=O)ccc21.COCCN1CCOCCOCCOCCOc2ccccc21.O=P(Cl)(Cl)Cl.[B][B].[HH].c1ccc2c(c1)NCCOCCOCCOCCO2. The first-order valence-electron chi connectivity index (χ1n) is 33.7. The number of fused-ring (bicyclic) bond motifs is 4. The molecule has 0 amide bonds. The Hall–Kier alpha value is -5.12. The van der Waals surface area contributed by atoms with Crippen molar-refractivity contribution in [2.24, 2.45) is 0 Å². The predicted octanol–water partition coefficient (Wildman–Crippen LogP) is 9.19. The van der Waals surface area contributed by atoms with Gasteiger partial charge in [-0.2, -0.15) is 0 Å². The molecule has 4 aliphatic rings. The number of carbonyl (C=O) groups is 2. The Morgan fingerprint density at radius 1 is 0.481 bits per heavy atom. The smallest absolute Gasteiger partial charge is 0.339 e. The summed E-state index contributed by atoms with van der Waals surface area (Å²) >= 11 is 18.7. The van der Waals surface area contributed by atoms with Crippen LogP contribution >= 0.6 is 50.5 Å². The summed E-state index contributed by atoms with van der Waals surface area (Å²) in [5.41, 5.74) is 4.30. The number of nitrogens with zero attached hydrogens (tertiary/aromatic N) is 3. The fourth-order valence-electron chi connectivity index (χ4n) is 8.71. The van der Waals surface area contributed by atoms with Crippen LogP contribution in [-0.4, -0.2) is 300 Å². The predicted molar refractivity (Wildman–Crippen MR) is 406 cm³/mol. The van der Waals surface area contributed by atoms with Gasteiger partial charge in [0.25, 0.3) is 5.95 Å². The third-order valence-electron chi connectivity index (χ3n) is 13.4. The van der Waals surface area contributed by atoms with E-state index in [9.17, 15) is 14.2 Å². The number of anilines is 4. The Balaban J connectivity index is 0.000000661. The molecule has 0 aromatic heterocycles. The summed E-state index contributed by atoms with van der Waals surface area (Å²) < 4.78 is 118. The van der Waals surface area contributed by atoms with Crippen LogP contribution in [0.5, 0.6) is 23.0 Å². The largest absolute Gasteiger partial charge is 0.489 e. The number of aldehydes is 1. The number of rotatable bonds is 12. The van der Waals surface area contributed by atoms with Crippen molar-refractivity contribution >= 4 is 100 Å². The van der Waals surface area contributed by atoms with Crippen LogP contribution in [0.4, 0.5) is 22.7 Å². The second-order valence-electron chi connectivity index (χ2n) is 20.9. The van der Waals surface area contributed by atoms with Crippen molar-refractivity contribution in [3.8, 4) is 23.0 Å². The van der Waals surface area contributed by atoms with Crippen molar-refractivity contribution < 1.29 is 115 Å². The van der Waals surface area contributed by atoms with E-state index in [1.165, 1.54) is 14.2 Å². The van der Waals surface area contributed by atoms with Gasteiger partial charge in [0.2, 0.25) is 5.24 Å². The minimum Gasteiger partial charge on any atom is -0.489 e. The Labute approximate surface area is 636 Å². The minimum atomic E-state index is -3.22. The van der Waals surface area contributed by atoms with E-state index < -0.39 is 10.4 Å². The first kappa shape index (κ1) is 95.0. The molecule has 4 heterocycles. The highest BCUT2D eigenvalue weighted by atomic mass is 36.0. The van der Waals surface area contributed by atoms with E-state index in [1.807, 2.05) is 72.8 Å². The number of hydrogen-bond donors (Lipinski definition) is 1. The lowest BCUT2D eigenvalue weighted by atomic mass is 9.81. The molecule has 0 fully saturated rings. The Morgan fingerprint density at radius 3 is 1.23 bits per heavy atom. The maximum Gasteiger partial charge on any atom is 0.339 e. The molecule has 0 atom stereocenters. The van der Waals surface area contributed by atoms with Crippen molar-refractivity contribution in [3.63, 3.8) is 0 Å². The number of nitrogens with one attached hydrogen (secondary N) is 1. The van der Waals surface area contributed by atoms with E-state index in [2.05, 4.69) is 81.7 Å². The molecule has 4 radical (unpaired) electrons. The van der Waals surface area contributed by atoms with Gasteiger partial charge >= 0.3 is 5.20 Å². The quantitative estimate of drug-likeness (QED) is 0.0455. The molecule has 586 valence electrons. The van der Waals surface area contributed by atoms with Gasteiger partial charge in [0, 0.05) is 76.5 Å². The van der Waals surface area contributed by atoms with Crippen LogP contribution < -0.4 is 39.1 Å². The second kappa shape index (κ2) is 66.1. The molecule has 0 saturated heterocycles. The van der Waals surface area contributed by atoms with Crippen LogP contribution in [0.1, 0.15) is 11.8 Å². The normalized spacial score (nSPS) is 17.0. The molecule has 28 nitrogen and oxygen atoms in total. The van der Waals surface area contributed by atoms with Crippen molar-refractivity contribution in [1.82, 2.24) is 0 Å². The average molecular weight is 1570 g/mol. The summed E-state index contributed by atoms with van der Waals surface area (Å²) in [6.07, 6.45) is 0.815. The fourth-order valence-corrected chi connectivity index (χ4v) is 8.82. The average Bonchev–Trinajstić information content (AvgIpc) is 1.03. The number of para-hydroxylation sites is 6. The van der Waals surface area contributed by atoms with Gasteiger partial charge in [-0.15, -0.1) is 0 Å². The molecule has 0 aliphatic carbocycles.